The summed E-state index contributed by atoms with van der Waals surface area (Å²) in [5, 5.41) is 0. The Morgan fingerprint density at radius 3 is 3.06 bits per heavy atom. The van der Waals surface area contributed by atoms with Crippen LogP contribution in [0.1, 0.15) is 23.7 Å². The minimum absolute atomic E-state index is 0.00213. The molecule has 98 valence electrons. The maximum atomic E-state index is 12.5. The molecule has 1 saturated heterocycles. The van der Waals surface area contributed by atoms with Gasteiger partial charge in [-0.2, -0.15) is 0 Å². The van der Waals surface area contributed by atoms with Crippen LogP contribution in [-0.2, 0) is 0 Å². The highest BCUT2D eigenvalue weighted by molar-refractivity contribution is 5.97. The number of nitrogens with two attached hydrogens (primary N) is 1. The molecule has 0 aromatic carbocycles. The lowest BCUT2D eigenvalue weighted by molar-refractivity contribution is 0.0740. The highest BCUT2D eigenvalue weighted by atomic mass is 16.5. The highest BCUT2D eigenvalue weighted by Crippen LogP contribution is 2.26. The van der Waals surface area contributed by atoms with Gasteiger partial charge >= 0.3 is 0 Å². The van der Waals surface area contributed by atoms with Gasteiger partial charge in [-0.25, -0.2) is 0 Å². The van der Waals surface area contributed by atoms with E-state index in [9.17, 15) is 4.79 Å². The number of pyridine rings is 1. The molecule has 2 rings (SSSR count). The fourth-order valence-corrected chi connectivity index (χ4v) is 2.47. The molecule has 2 unspecified atom stereocenters. The van der Waals surface area contributed by atoms with Crippen LogP contribution in [0.3, 0.4) is 0 Å². The average Bonchev–Trinajstić information content (AvgIpc) is 2.79. The lowest BCUT2D eigenvalue weighted by Crippen LogP contribution is -2.34. The maximum Gasteiger partial charge on any atom is 0.257 e. The van der Waals surface area contributed by atoms with E-state index in [0.717, 1.165) is 13.0 Å². The Bertz CT molecular complexity index is 436. The molecule has 18 heavy (non-hydrogen) atoms. The summed E-state index contributed by atoms with van der Waals surface area (Å²) in [6.07, 6.45) is 4.14. The molecule has 1 aliphatic heterocycles. The van der Waals surface area contributed by atoms with Crippen molar-refractivity contribution in [2.45, 2.75) is 19.4 Å². The molecule has 1 amide bonds. The molecule has 1 aromatic rings. The van der Waals surface area contributed by atoms with Gasteiger partial charge in [-0.1, -0.05) is 0 Å². The summed E-state index contributed by atoms with van der Waals surface area (Å²) in [7, 11) is 1.55. The van der Waals surface area contributed by atoms with Gasteiger partial charge in [-0.15, -0.1) is 0 Å². The molecule has 0 saturated carbocycles. The minimum atomic E-state index is -0.00213. The number of likely N-dealkylation sites (tertiary alicyclic amines) is 1. The first-order valence-electron chi connectivity index (χ1n) is 6.16. The van der Waals surface area contributed by atoms with E-state index in [1.165, 1.54) is 0 Å². The second kappa shape index (κ2) is 5.35. The maximum absolute atomic E-state index is 12.5. The molecular weight excluding hydrogens is 230 g/mol. The SMILES string of the molecule is COc1cnccc1C(=O)N1CC(CN)CC1C. The normalized spacial score (nSPS) is 23.2. The molecule has 2 atom stereocenters. The standard InChI is InChI=1S/C13H19N3O2/c1-9-5-10(6-14)8-16(9)13(17)11-3-4-15-7-12(11)18-2/h3-4,7,9-10H,5-6,8,14H2,1-2H3. The molecule has 5 heteroatoms. The van der Waals surface area contributed by atoms with Crippen LogP contribution in [0.25, 0.3) is 0 Å². The van der Waals surface area contributed by atoms with E-state index in [-0.39, 0.29) is 11.9 Å². The van der Waals surface area contributed by atoms with E-state index in [2.05, 4.69) is 11.9 Å². The third-order valence-electron chi connectivity index (χ3n) is 3.49. The molecular formula is C13H19N3O2. The lowest BCUT2D eigenvalue weighted by atomic mass is 10.1. The third kappa shape index (κ3) is 2.31. The second-order valence-electron chi connectivity index (χ2n) is 4.72. The predicted octanol–water partition coefficient (Wildman–Crippen LogP) is 0.900. The van der Waals surface area contributed by atoms with Crippen LogP contribution < -0.4 is 10.5 Å². The van der Waals surface area contributed by atoms with Crippen LogP contribution in [0.15, 0.2) is 18.5 Å². The number of carbonyl (C=O) groups excluding carboxylic acids is 1. The molecule has 0 spiro atoms. The Balaban J connectivity index is 2.21. The van der Waals surface area contributed by atoms with Gasteiger partial charge in [0, 0.05) is 18.8 Å². The zero-order valence-electron chi connectivity index (χ0n) is 10.8. The Morgan fingerprint density at radius 1 is 1.67 bits per heavy atom. The predicted molar refractivity (Wildman–Crippen MR) is 68.4 cm³/mol. The van der Waals surface area contributed by atoms with Gasteiger partial charge < -0.3 is 15.4 Å². The molecule has 2 heterocycles. The molecule has 5 nitrogen and oxygen atoms in total. The first kappa shape index (κ1) is 12.8. The van der Waals surface area contributed by atoms with Gasteiger partial charge in [0.25, 0.3) is 5.91 Å². The van der Waals surface area contributed by atoms with E-state index >= 15 is 0 Å². The van der Waals surface area contributed by atoms with Crippen LogP contribution in [0.2, 0.25) is 0 Å². The summed E-state index contributed by atoms with van der Waals surface area (Å²) in [6.45, 7) is 3.41. The number of hydrogen-bond donors (Lipinski definition) is 1. The van der Waals surface area contributed by atoms with Crippen molar-refractivity contribution in [3.05, 3.63) is 24.0 Å². The summed E-state index contributed by atoms with van der Waals surface area (Å²) in [6, 6.07) is 1.92. The van der Waals surface area contributed by atoms with E-state index in [1.54, 1.807) is 25.6 Å². The summed E-state index contributed by atoms with van der Waals surface area (Å²) in [5.41, 5.74) is 6.25. The van der Waals surface area contributed by atoms with Crippen molar-refractivity contribution < 1.29 is 9.53 Å². The number of amides is 1. The smallest absolute Gasteiger partial charge is 0.257 e. The van der Waals surface area contributed by atoms with Gasteiger partial charge in [0.05, 0.1) is 18.9 Å². The van der Waals surface area contributed by atoms with Crippen LogP contribution in [0, 0.1) is 5.92 Å². The van der Waals surface area contributed by atoms with E-state index < -0.39 is 0 Å². The molecule has 1 aliphatic rings. The average molecular weight is 249 g/mol. The lowest BCUT2D eigenvalue weighted by Gasteiger charge is -2.22. The number of carbonyl (C=O) groups is 1. The first-order chi connectivity index (χ1) is 8.67. The van der Waals surface area contributed by atoms with E-state index in [1.807, 2.05) is 4.90 Å². The van der Waals surface area contributed by atoms with Crippen LogP contribution in [0.4, 0.5) is 0 Å². The summed E-state index contributed by atoms with van der Waals surface area (Å²) in [4.78, 5) is 18.3. The molecule has 0 aliphatic carbocycles. The van der Waals surface area contributed by atoms with Crippen molar-refractivity contribution in [3.8, 4) is 5.75 Å². The summed E-state index contributed by atoms with van der Waals surface area (Å²) >= 11 is 0. The van der Waals surface area contributed by atoms with E-state index in [4.69, 9.17) is 10.5 Å². The Hall–Kier alpha value is -1.62. The van der Waals surface area contributed by atoms with Crippen molar-refractivity contribution in [2.24, 2.45) is 11.7 Å². The molecule has 0 radical (unpaired) electrons. The molecule has 0 bridgehead atoms. The van der Waals surface area contributed by atoms with Gasteiger partial charge in [0.1, 0.15) is 5.75 Å². The fraction of sp³-hybridized carbons (Fsp3) is 0.538. The van der Waals surface area contributed by atoms with Crippen LogP contribution >= 0.6 is 0 Å². The van der Waals surface area contributed by atoms with Gasteiger partial charge in [0.15, 0.2) is 0 Å². The Morgan fingerprint density at radius 2 is 2.44 bits per heavy atom. The summed E-state index contributed by atoms with van der Waals surface area (Å²) < 4.78 is 5.18. The van der Waals surface area contributed by atoms with Gasteiger partial charge in [-0.3, -0.25) is 9.78 Å². The molecule has 2 N–H and O–H groups in total. The van der Waals surface area contributed by atoms with Crippen LogP contribution in [0.5, 0.6) is 5.75 Å². The highest BCUT2D eigenvalue weighted by Gasteiger charge is 2.33. The summed E-state index contributed by atoms with van der Waals surface area (Å²) in [5.74, 6) is 0.917. The van der Waals surface area contributed by atoms with E-state index in [0.29, 0.717) is 23.8 Å². The van der Waals surface area contributed by atoms with Crippen molar-refractivity contribution in [3.63, 3.8) is 0 Å². The quantitative estimate of drug-likeness (QED) is 0.864. The first-order valence-corrected chi connectivity index (χ1v) is 6.16. The largest absolute Gasteiger partial charge is 0.494 e. The van der Waals surface area contributed by atoms with Crippen LogP contribution in [-0.4, -0.2) is 42.0 Å². The monoisotopic (exact) mass is 249 g/mol. The van der Waals surface area contributed by atoms with Gasteiger partial charge in [-0.05, 0) is 31.9 Å². The zero-order chi connectivity index (χ0) is 13.1. The second-order valence-corrected chi connectivity index (χ2v) is 4.72. The Labute approximate surface area is 107 Å². The topological polar surface area (TPSA) is 68.5 Å². The minimum Gasteiger partial charge on any atom is -0.494 e. The number of hydrogen-bond acceptors (Lipinski definition) is 4. The number of rotatable bonds is 3. The molecule has 1 fully saturated rings. The number of aromatic nitrogens is 1. The third-order valence-corrected chi connectivity index (χ3v) is 3.49. The Kier molecular flexibility index (Phi) is 3.81. The number of methoxy groups -OCH3 is 1. The molecule has 1 aromatic heterocycles. The van der Waals surface area contributed by atoms with Crippen molar-refractivity contribution in [1.29, 1.82) is 0 Å². The van der Waals surface area contributed by atoms with Gasteiger partial charge in [0.2, 0.25) is 0 Å². The van der Waals surface area contributed by atoms with Crippen molar-refractivity contribution >= 4 is 5.91 Å². The number of nitrogens with zero attached hydrogens (tertiary/aromatic N) is 2. The van der Waals surface area contributed by atoms with Crippen molar-refractivity contribution in [2.75, 3.05) is 20.2 Å². The fourth-order valence-electron chi connectivity index (χ4n) is 2.47. The zero-order valence-corrected chi connectivity index (χ0v) is 10.8. The van der Waals surface area contributed by atoms with Crippen molar-refractivity contribution in [1.82, 2.24) is 9.88 Å². The number of ether oxygens (including phenoxy) is 1.